The monoisotopic (exact) mass is 310 g/mol. The van der Waals surface area contributed by atoms with E-state index in [-0.39, 0.29) is 29.9 Å². The van der Waals surface area contributed by atoms with Crippen molar-refractivity contribution >= 4 is 22.4 Å². The maximum absolute atomic E-state index is 13.1. The molecule has 0 radical (unpaired) electrons. The average molecular weight is 311 g/mol. The highest BCUT2D eigenvalue weighted by Gasteiger charge is 2.20. The van der Waals surface area contributed by atoms with Crippen molar-refractivity contribution in [3.63, 3.8) is 0 Å². The largest absolute Gasteiger partial charge is 0.316 e. The maximum Gasteiger partial charge on any atom is 0.241 e. The molecule has 0 bridgehead atoms. The summed E-state index contributed by atoms with van der Waals surface area (Å²) in [4.78, 5) is 0.159. The summed E-state index contributed by atoms with van der Waals surface area (Å²) in [5.41, 5.74) is 0.828. The normalized spacial score (nSPS) is 12.9. The van der Waals surface area contributed by atoms with Crippen LogP contribution in [0.4, 0.5) is 4.39 Å². The number of benzene rings is 1. The van der Waals surface area contributed by atoms with Crippen LogP contribution in [0.2, 0.25) is 0 Å². The second kappa shape index (κ2) is 7.19. The second-order valence-corrected chi connectivity index (χ2v) is 6.11. The molecule has 0 saturated carbocycles. The van der Waals surface area contributed by atoms with E-state index >= 15 is 0 Å². The van der Waals surface area contributed by atoms with Gasteiger partial charge in [0.25, 0.3) is 0 Å². The van der Waals surface area contributed by atoms with Crippen LogP contribution in [-0.2, 0) is 10.0 Å². The zero-order chi connectivity index (χ0) is 13.9. The Hall–Kier alpha value is -0.690. The Labute approximate surface area is 120 Å². The lowest BCUT2D eigenvalue weighted by Gasteiger charge is -2.15. The molecule has 0 aliphatic carbocycles. The van der Waals surface area contributed by atoms with Crippen LogP contribution in [0.15, 0.2) is 17.0 Å². The zero-order valence-corrected chi connectivity index (χ0v) is 13.1. The first kappa shape index (κ1) is 18.3. The third kappa shape index (κ3) is 4.72. The molecule has 0 heterocycles. The van der Waals surface area contributed by atoms with Gasteiger partial charge in [-0.15, -0.1) is 12.4 Å². The van der Waals surface area contributed by atoms with E-state index < -0.39 is 15.8 Å². The van der Waals surface area contributed by atoms with Gasteiger partial charge in [-0.3, -0.25) is 0 Å². The topological polar surface area (TPSA) is 58.2 Å². The van der Waals surface area contributed by atoms with E-state index in [1.165, 1.54) is 12.1 Å². The van der Waals surface area contributed by atoms with Crippen LogP contribution < -0.4 is 10.0 Å². The third-order valence-corrected chi connectivity index (χ3v) is 4.49. The van der Waals surface area contributed by atoms with Crippen molar-refractivity contribution in [3.8, 4) is 0 Å². The lowest BCUT2D eigenvalue weighted by Crippen LogP contribution is -2.37. The Morgan fingerprint density at radius 1 is 1.26 bits per heavy atom. The van der Waals surface area contributed by atoms with Gasteiger partial charge in [0.15, 0.2) is 0 Å². The van der Waals surface area contributed by atoms with E-state index in [9.17, 15) is 12.8 Å². The number of hydrogen-bond donors (Lipinski definition) is 2. The Bertz CT molecular complexity index is 512. The van der Waals surface area contributed by atoms with Crippen molar-refractivity contribution in [2.24, 2.45) is 0 Å². The number of aryl methyl sites for hydroxylation is 2. The molecule has 0 amide bonds. The van der Waals surface area contributed by atoms with E-state index in [2.05, 4.69) is 10.0 Å². The van der Waals surface area contributed by atoms with Gasteiger partial charge in [0, 0.05) is 12.6 Å². The summed E-state index contributed by atoms with van der Waals surface area (Å²) in [7, 11) is -1.84. The summed E-state index contributed by atoms with van der Waals surface area (Å²) in [5, 5.41) is 2.94. The number of hydrogen-bond acceptors (Lipinski definition) is 3. The van der Waals surface area contributed by atoms with Crippen LogP contribution in [0, 0.1) is 19.7 Å². The summed E-state index contributed by atoms with van der Waals surface area (Å²) in [6, 6.07) is 2.48. The minimum Gasteiger partial charge on any atom is -0.316 e. The molecule has 1 unspecified atom stereocenters. The van der Waals surface area contributed by atoms with Crippen molar-refractivity contribution in [2.45, 2.75) is 31.7 Å². The molecule has 0 fully saturated rings. The van der Waals surface area contributed by atoms with Gasteiger partial charge in [-0.2, -0.15) is 0 Å². The molecule has 7 heteroatoms. The molecule has 0 saturated heterocycles. The van der Waals surface area contributed by atoms with Gasteiger partial charge in [0.05, 0.1) is 4.90 Å². The molecule has 19 heavy (non-hydrogen) atoms. The van der Waals surface area contributed by atoms with Gasteiger partial charge >= 0.3 is 0 Å². The standard InChI is InChI=1S/C12H19FN2O2S.ClH/c1-8-5-11(13)6-9(2)12(8)18(16,17)15-7-10(3)14-4;/h5-6,10,14-15H,7H2,1-4H3;1H. The number of sulfonamides is 1. The summed E-state index contributed by atoms with van der Waals surface area (Å²) < 4.78 is 39.9. The highest BCUT2D eigenvalue weighted by molar-refractivity contribution is 7.89. The minimum absolute atomic E-state index is 0. The Kier molecular flexibility index (Phi) is 6.93. The molecule has 1 aromatic rings. The van der Waals surface area contributed by atoms with E-state index in [1.807, 2.05) is 6.92 Å². The number of halogens is 2. The van der Waals surface area contributed by atoms with Gasteiger partial charge in [-0.1, -0.05) is 0 Å². The zero-order valence-electron chi connectivity index (χ0n) is 11.5. The van der Waals surface area contributed by atoms with E-state index in [0.717, 1.165) is 0 Å². The van der Waals surface area contributed by atoms with Crippen LogP contribution in [0.5, 0.6) is 0 Å². The highest BCUT2D eigenvalue weighted by Crippen LogP contribution is 2.21. The first-order valence-electron chi connectivity index (χ1n) is 5.71. The van der Waals surface area contributed by atoms with Crippen molar-refractivity contribution < 1.29 is 12.8 Å². The van der Waals surface area contributed by atoms with Gasteiger partial charge in [0.2, 0.25) is 10.0 Å². The van der Waals surface area contributed by atoms with Gasteiger partial charge < -0.3 is 5.32 Å². The molecule has 0 aromatic heterocycles. The average Bonchev–Trinajstić information content (AvgIpc) is 2.24. The van der Waals surface area contributed by atoms with Crippen LogP contribution in [0.25, 0.3) is 0 Å². The number of rotatable bonds is 5. The van der Waals surface area contributed by atoms with Crippen LogP contribution in [0.3, 0.4) is 0 Å². The SMILES string of the molecule is CNC(C)CNS(=O)(=O)c1c(C)cc(F)cc1C.Cl. The van der Waals surface area contributed by atoms with Crippen molar-refractivity contribution in [3.05, 3.63) is 29.1 Å². The van der Waals surface area contributed by atoms with Crippen molar-refractivity contribution in [1.29, 1.82) is 0 Å². The summed E-state index contributed by atoms with van der Waals surface area (Å²) in [6.07, 6.45) is 0. The third-order valence-electron chi connectivity index (χ3n) is 2.77. The van der Waals surface area contributed by atoms with Crippen LogP contribution >= 0.6 is 12.4 Å². The molecule has 0 aliphatic rings. The molecular formula is C12H20ClFN2O2S. The van der Waals surface area contributed by atoms with Crippen LogP contribution in [0.1, 0.15) is 18.1 Å². The lowest BCUT2D eigenvalue weighted by molar-refractivity contribution is 0.552. The number of nitrogens with one attached hydrogen (secondary N) is 2. The first-order chi connectivity index (χ1) is 8.27. The summed E-state index contributed by atoms with van der Waals surface area (Å²) in [5.74, 6) is -0.424. The number of likely N-dealkylation sites (N-methyl/N-ethyl adjacent to an activating group) is 1. The molecule has 0 aliphatic heterocycles. The first-order valence-corrected chi connectivity index (χ1v) is 7.20. The second-order valence-electron chi connectivity index (χ2n) is 4.41. The summed E-state index contributed by atoms with van der Waals surface area (Å²) in [6.45, 7) is 5.33. The predicted octanol–water partition coefficient (Wildman–Crippen LogP) is 1.75. The molecule has 1 atom stereocenters. The van der Waals surface area contributed by atoms with E-state index in [1.54, 1.807) is 20.9 Å². The molecule has 4 nitrogen and oxygen atoms in total. The molecule has 0 spiro atoms. The van der Waals surface area contributed by atoms with Crippen molar-refractivity contribution in [2.75, 3.05) is 13.6 Å². The molecule has 1 aromatic carbocycles. The van der Waals surface area contributed by atoms with Crippen LogP contribution in [-0.4, -0.2) is 28.1 Å². The van der Waals surface area contributed by atoms with Gasteiger partial charge in [-0.05, 0) is 51.1 Å². The van der Waals surface area contributed by atoms with E-state index in [4.69, 9.17) is 0 Å². The molecular weight excluding hydrogens is 291 g/mol. The minimum atomic E-state index is -3.60. The Morgan fingerprint density at radius 3 is 2.16 bits per heavy atom. The molecule has 110 valence electrons. The molecule has 1 rings (SSSR count). The van der Waals surface area contributed by atoms with E-state index in [0.29, 0.717) is 11.1 Å². The lowest BCUT2D eigenvalue weighted by atomic mass is 10.1. The smallest absolute Gasteiger partial charge is 0.241 e. The fourth-order valence-electron chi connectivity index (χ4n) is 1.73. The summed E-state index contributed by atoms with van der Waals surface area (Å²) >= 11 is 0. The van der Waals surface area contributed by atoms with Gasteiger partial charge in [-0.25, -0.2) is 17.5 Å². The highest BCUT2D eigenvalue weighted by atomic mass is 35.5. The van der Waals surface area contributed by atoms with Gasteiger partial charge in [0.1, 0.15) is 5.82 Å². The quantitative estimate of drug-likeness (QED) is 0.871. The fourth-order valence-corrected chi connectivity index (χ4v) is 3.31. The maximum atomic E-state index is 13.1. The Balaban J connectivity index is 0.00000324. The van der Waals surface area contributed by atoms with Crippen molar-refractivity contribution in [1.82, 2.24) is 10.0 Å². The Morgan fingerprint density at radius 2 is 1.74 bits per heavy atom. The predicted molar refractivity (Wildman–Crippen MR) is 76.8 cm³/mol. The molecule has 2 N–H and O–H groups in total. The fraction of sp³-hybridized carbons (Fsp3) is 0.500.